The molecule has 1 aromatic carbocycles. The number of aromatic hydroxyl groups is 1. The maximum absolute atomic E-state index is 9.03. The van der Waals surface area contributed by atoms with E-state index in [0.29, 0.717) is 10.2 Å². The van der Waals surface area contributed by atoms with Gasteiger partial charge >= 0.3 is 19.5 Å². The van der Waals surface area contributed by atoms with E-state index in [1.807, 2.05) is 0 Å². The van der Waals surface area contributed by atoms with Crippen molar-refractivity contribution in [1.82, 2.24) is 0 Å². The van der Waals surface area contributed by atoms with Crippen molar-refractivity contribution < 1.29 is 49.4 Å². The molecule has 8 heteroatoms. The summed E-state index contributed by atoms with van der Waals surface area (Å²) >= 11 is 3.08. The van der Waals surface area contributed by atoms with Crippen LogP contribution in [0.5, 0.6) is 5.75 Å². The molecule has 0 aliphatic rings. The van der Waals surface area contributed by atoms with E-state index in [2.05, 4.69) is 26.0 Å². The van der Waals surface area contributed by atoms with Crippen molar-refractivity contribution in [1.29, 1.82) is 0 Å². The Morgan fingerprint density at radius 1 is 1.36 bits per heavy atom. The topological polar surface area (TPSA) is 69.0 Å². The maximum Gasteiger partial charge on any atom is 2.00 e. The molecule has 0 saturated heterocycles. The van der Waals surface area contributed by atoms with Gasteiger partial charge in [-0.15, -0.1) is 0 Å². The number of azide groups is 1. The SMILES string of the molecule is [Cl-].[Cl-].[N-]=[N+]=Nc1ccc(O)c(Br)c1.[Zn+2]. The predicted molar refractivity (Wildman–Crippen MR) is 44.6 cm³/mol. The van der Waals surface area contributed by atoms with E-state index in [1.165, 1.54) is 18.2 Å². The molecule has 14 heavy (non-hydrogen) atoms. The van der Waals surface area contributed by atoms with Gasteiger partial charge in [0.25, 0.3) is 0 Å². The molecule has 0 saturated carbocycles. The van der Waals surface area contributed by atoms with Crippen molar-refractivity contribution in [3.05, 3.63) is 33.1 Å². The first kappa shape index (κ1) is 19.6. The number of hydrogen-bond donors (Lipinski definition) is 1. The van der Waals surface area contributed by atoms with Crippen molar-refractivity contribution >= 4 is 21.6 Å². The number of phenolic OH excluding ortho intramolecular Hbond substituents is 1. The molecule has 0 aliphatic heterocycles. The molecule has 0 spiro atoms. The number of benzene rings is 1. The molecule has 0 heterocycles. The zero-order chi connectivity index (χ0) is 8.27. The Kier molecular flexibility index (Phi) is 13.4. The van der Waals surface area contributed by atoms with E-state index in [4.69, 9.17) is 10.6 Å². The molecular weight excluding hydrogens is 346 g/mol. The molecule has 0 atom stereocenters. The molecule has 0 unspecified atom stereocenters. The molecule has 0 aromatic heterocycles. The number of halogens is 3. The maximum atomic E-state index is 9.03. The molecule has 0 radical (unpaired) electrons. The van der Waals surface area contributed by atoms with Crippen LogP contribution in [0.1, 0.15) is 0 Å². The zero-order valence-electron chi connectivity index (χ0n) is 6.86. The van der Waals surface area contributed by atoms with E-state index in [1.54, 1.807) is 0 Å². The van der Waals surface area contributed by atoms with Gasteiger partial charge in [0.2, 0.25) is 0 Å². The van der Waals surface area contributed by atoms with Crippen LogP contribution in [0.15, 0.2) is 27.8 Å². The van der Waals surface area contributed by atoms with Gasteiger partial charge in [-0.05, 0) is 39.7 Å². The van der Waals surface area contributed by atoms with Gasteiger partial charge in [-0.25, -0.2) is 0 Å². The van der Waals surface area contributed by atoms with Crippen LogP contribution < -0.4 is 24.8 Å². The fraction of sp³-hybridized carbons (Fsp3) is 0. The monoisotopic (exact) mass is 347 g/mol. The van der Waals surface area contributed by atoms with Gasteiger partial charge in [0.15, 0.2) is 0 Å². The van der Waals surface area contributed by atoms with Crippen LogP contribution in [0.4, 0.5) is 5.69 Å². The van der Waals surface area contributed by atoms with E-state index in [9.17, 15) is 0 Å². The van der Waals surface area contributed by atoms with Crippen molar-refractivity contribution in [2.75, 3.05) is 0 Å². The third-order valence-electron chi connectivity index (χ3n) is 1.09. The minimum absolute atomic E-state index is 0. The Morgan fingerprint density at radius 3 is 2.36 bits per heavy atom. The Balaban J connectivity index is -0.000000403. The first-order chi connectivity index (χ1) is 5.24. The van der Waals surface area contributed by atoms with Crippen LogP contribution in [-0.2, 0) is 19.5 Å². The summed E-state index contributed by atoms with van der Waals surface area (Å²) in [5.41, 5.74) is 8.53. The third kappa shape index (κ3) is 5.68. The Labute approximate surface area is 114 Å². The van der Waals surface area contributed by atoms with E-state index in [-0.39, 0.29) is 50.0 Å². The molecule has 4 nitrogen and oxygen atoms in total. The summed E-state index contributed by atoms with van der Waals surface area (Å²) in [5.74, 6) is 0.127. The van der Waals surface area contributed by atoms with Crippen LogP contribution in [0, 0.1) is 0 Å². The average molecular weight is 350 g/mol. The minimum Gasteiger partial charge on any atom is -1.00 e. The van der Waals surface area contributed by atoms with Crippen molar-refractivity contribution in [2.24, 2.45) is 5.11 Å². The van der Waals surface area contributed by atoms with Gasteiger partial charge in [-0.1, -0.05) is 5.11 Å². The van der Waals surface area contributed by atoms with E-state index < -0.39 is 0 Å². The fourth-order valence-corrected chi connectivity index (χ4v) is 0.976. The molecule has 1 N–H and O–H groups in total. The number of rotatable bonds is 1. The zero-order valence-corrected chi connectivity index (χ0v) is 12.9. The summed E-state index contributed by atoms with van der Waals surface area (Å²) in [6.45, 7) is 0. The van der Waals surface area contributed by atoms with Crippen LogP contribution in [0.25, 0.3) is 10.4 Å². The molecule has 0 amide bonds. The Morgan fingerprint density at radius 2 is 1.93 bits per heavy atom. The number of hydrogen-bond acceptors (Lipinski definition) is 2. The van der Waals surface area contributed by atoms with Crippen LogP contribution in [0.3, 0.4) is 0 Å². The molecule has 0 aliphatic carbocycles. The first-order valence-electron chi connectivity index (χ1n) is 2.77. The minimum atomic E-state index is 0. The van der Waals surface area contributed by atoms with Crippen molar-refractivity contribution in [2.45, 2.75) is 0 Å². The Hall–Kier alpha value is 0.0134. The molecule has 0 bridgehead atoms. The van der Waals surface area contributed by atoms with Crippen molar-refractivity contribution in [3.8, 4) is 5.75 Å². The standard InChI is InChI=1S/C6H4BrN3O.2ClH.Zn/c7-5-3-4(9-10-8)1-2-6(5)11;;;/h1-3,11H;2*1H;/q;;;+2/p-2. The average Bonchev–Trinajstić information content (AvgIpc) is 1.98. The van der Waals surface area contributed by atoms with Crippen molar-refractivity contribution in [3.63, 3.8) is 0 Å². The predicted octanol–water partition coefficient (Wildman–Crippen LogP) is -2.90. The first-order valence-corrected chi connectivity index (χ1v) is 3.57. The molecule has 1 aromatic rings. The summed E-state index contributed by atoms with van der Waals surface area (Å²) in [6, 6.07) is 4.52. The third-order valence-corrected chi connectivity index (χ3v) is 1.73. The second-order valence-electron chi connectivity index (χ2n) is 1.83. The van der Waals surface area contributed by atoms with Gasteiger partial charge in [0.1, 0.15) is 5.75 Å². The van der Waals surface area contributed by atoms with Crippen LogP contribution >= 0.6 is 15.9 Å². The summed E-state index contributed by atoms with van der Waals surface area (Å²) in [5, 5.41) is 12.4. The van der Waals surface area contributed by atoms with Gasteiger partial charge in [-0.2, -0.15) is 0 Å². The molecule has 72 valence electrons. The second-order valence-corrected chi connectivity index (χ2v) is 2.68. The fourth-order valence-electron chi connectivity index (χ4n) is 0.610. The molecule has 1 rings (SSSR count). The normalized spacial score (nSPS) is 6.93. The van der Waals surface area contributed by atoms with Gasteiger partial charge in [0, 0.05) is 10.6 Å². The van der Waals surface area contributed by atoms with Gasteiger partial charge in [-0.3, -0.25) is 0 Å². The number of phenols is 1. The van der Waals surface area contributed by atoms with Crippen LogP contribution in [-0.4, -0.2) is 5.11 Å². The van der Waals surface area contributed by atoms with E-state index in [0.717, 1.165) is 0 Å². The quantitative estimate of drug-likeness (QED) is 0.251. The second kappa shape index (κ2) is 9.56. The van der Waals surface area contributed by atoms with E-state index >= 15 is 0 Å². The summed E-state index contributed by atoms with van der Waals surface area (Å²) in [4.78, 5) is 2.60. The van der Waals surface area contributed by atoms with Gasteiger partial charge in [0.05, 0.1) is 4.47 Å². The Bertz CT molecular complexity index is 333. The van der Waals surface area contributed by atoms with Crippen LogP contribution in [0.2, 0.25) is 0 Å². The summed E-state index contributed by atoms with van der Waals surface area (Å²) in [6.07, 6.45) is 0. The summed E-state index contributed by atoms with van der Waals surface area (Å²) < 4.78 is 0.516. The van der Waals surface area contributed by atoms with Gasteiger partial charge < -0.3 is 29.9 Å². The number of nitrogens with zero attached hydrogens (tertiary/aromatic N) is 3. The smallest absolute Gasteiger partial charge is 1.00 e. The molecule has 0 fully saturated rings. The largest absolute Gasteiger partial charge is 2.00 e. The molecular formula is C6H4BrCl2N3OZn. The summed E-state index contributed by atoms with van der Waals surface area (Å²) in [7, 11) is 0.